The number of halogens is 1. The highest BCUT2D eigenvalue weighted by atomic mass is 19.1. The lowest BCUT2D eigenvalue weighted by Crippen LogP contribution is -2.25. The molecule has 0 bridgehead atoms. The number of aromatic amines is 1. The summed E-state index contributed by atoms with van der Waals surface area (Å²) in [7, 11) is 0. The highest BCUT2D eigenvalue weighted by molar-refractivity contribution is 6.11. The fourth-order valence-electron chi connectivity index (χ4n) is 2.53. The highest BCUT2D eigenvalue weighted by Gasteiger charge is 2.20. The number of nitrogens with one attached hydrogen (secondary N) is 1. The van der Waals surface area contributed by atoms with Crippen molar-refractivity contribution in [3.63, 3.8) is 0 Å². The Kier molecular flexibility index (Phi) is 3.65. The van der Waals surface area contributed by atoms with Crippen molar-refractivity contribution in [1.82, 2.24) is 9.97 Å². The lowest BCUT2D eigenvalue weighted by molar-refractivity contribution is -0.304. The Labute approximate surface area is 130 Å². The van der Waals surface area contributed by atoms with Gasteiger partial charge in [0, 0.05) is 29.5 Å². The summed E-state index contributed by atoms with van der Waals surface area (Å²) in [6, 6.07) is 7.26. The number of carboxylic acid groups (broad SMARTS) is 1. The van der Waals surface area contributed by atoms with Gasteiger partial charge in [-0.3, -0.25) is 9.78 Å². The van der Waals surface area contributed by atoms with Crippen molar-refractivity contribution < 1.29 is 19.1 Å². The van der Waals surface area contributed by atoms with E-state index in [1.165, 1.54) is 24.4 Å². The maximum atomic E-state index is 13.5. The molecule has 3 rings (SSSR count). The Hall–Kier alpha value is -3.02. The number of H-pyrrole nitrogens is 1. The minimum absolute atomic E-state index is 0.0906. The second-order valence-electron chi connectivity index (χ2n) is 5.26. The summed E-state index contributed by atoms with van der Waals surface area (Å²) in [5, 5.41) is 11.4. The van der Waals surface area contributed by atoms with E-state index in [9.17, 15) is 19.1 Å². The molecule has 0 aliphatic rings. The molecule has 0 unspecified atom stereocenters. The van der Waals surface area contributed by atoms with Crippen LogP contribution in [0.5, 0.6) is 0 Å². The van der Waals surface area contributed by atoms with Crippen LogP contribution in [0.3, 0.4) is 0 Å². The van der Waals surface area contributed by atoms with Crippen LogP contribution in [-0.2, 0) is 11.2 Å². The van der Waals surface area contributed by atoms with E-state index in [0.29, 0.717) is 10.9 Å². The van der Waals surface area contributed by atoms with Crippen molar-refractivity contribution in [2.24, 2.45) is 0 Å². The van der Waals surface area contributed by atoms with Gasteiger partial charge in [0.25, 0.3) is 0 Å². The first-order chi connectivity index (χ1) is 11.0. The molecule has 5 nitrogen and oxygen atoms in total. The molecule has 3 aromatic rings. The second-order valence-corrected chi connectivity index (χ2v) is 5.26. The number of rotatable bonds is 4. The second kappa shape index (κ2) is 5.64. The molecule has 23 heavy (non-hydrogen) atoms. The van der Waals surface area contributed by atoms with Gasteiger partial charge in [0.2, 0.25) is 5.78 Å². The molecule has 1 N–H and O–H groups in total. The Balaban J connectivity index is 2.19. The molecule has 0 saturated heterocycles. The SMILES string of the molecule is Cc1ccnc(C(=O)c2[nH]c3ccc(F)cc3c2CC(=O)[O-])c1. The summed E-state index contributed by atoms with van der Waals surface area (Å²) in [6.45, 7) is 1.82. The number of pyridine rings is 1. The van der Waals surface area contributed by atoms with Crippen molar-refractivity contribution in [2.45, 2.75) is 13.3 Å². The average Bonchev–Trinajstić information content (AvgIpc) is 2.84. The van der Waals surface area contributed by atoms with Gasteiger partial charge in [0.1, 0.15) is 11.5 Å². The molecule has 0 aliphatic heterocycles. The number of hydrogen-bond donors (Lipinski definition) is 1. The monoisotopic (exact) mass is 311 g/mol. The third-order valence-electron chi connectivity index (χ3n) is 3.56. The fourth-order valence-corrected chi connectivity index (χ4v) is 2.53. The molecule has 116 valence electrons. The fraction of sp³-hybridized carbons (Fsp3) is 0.118. The predicted octanol–water partition coefficient (Wildman–Crippen LogP) is 1.53. The minimum Gasteiger partial charge on any atom is -0.550 e. The molecule has 0 spiro atoms. The van der Waals surface area contributed by atoms with Gasteiger partial charge < -0.3 is 14.9 Å². The number of aromatic nitrogens is 2. The first kappa shape index (κ1) is 14.9. The van der Waals surface area contributed by atoms with Crippen LogP contribution in [0, 0.1) is 12.7 Å². The number of carboxylic acids is 1. The highest BCUT2D eigenvalue weighted by Crippen LogP contribution is 2.25. The molecule has 0 saturated carbocycles. The molecule has 2 heterocycles. The van der Waals surface area contributed by atoms with E-state index in [1.807, 2.05) is 6.92 Å². The zero-order valence-corrected chi connectivity index (χ0v) is 12.2. The van der Waals surface area contributed by atoms with E-state index < -0.39 is 24.0 Å². The largest absolute Gasteiger partial charge is 0.550 e. The van der Waals surface area contributed by atoms with E-state index in [1.54, 1.807) is 12.1 Å². The Morgan fingerprint density at radius 2 is 2.04 bits per heavy atom. The van der Waals surface area contributed by atoms with Crippen molar-refractivity contribution >= 4 is 22.7 Å². The van der Waals surface area contributed by atoms with Gasteiger partial charge in [-0.05, 0) is 48.4 Å². The Morgan fingerprint density at radius 1 is 1.26 bits per heavy atom. The summed E-state index contributed by atoms with van der Waals surface area (Å²) >= 11 is 0. The lowest BCUT2D eigenvalue weighted by atomic mass is 10.0. The van der Waals surface area contributed by atoms with Gasteiger partial charge in [-0.1, -0.05) is 0 Å². The normalized spacial score (nSPS) is 10.9. The Morgan fingerprint density at radius 3 is 2.74 bits per heavy atom. The molecule has 0 radical (unpaired) electrons. The number of carbonyl (C=O) groups excluding carboxylic acids is 2. The lowest BCUT2D eigenvalue weighted by Gasteiger charge is -2.05. The molecule has 0 amide bonds. The maximum absolute atomic E-state index is 13.5. The van der Waals surface area contributed by atoms with Gasteiger partial charge >= 0.3 is 0 Å². The summed E-state index contributed by atoms with van der Waals surface area (Å²) in [6.07, 6.45) is 1.01. The van der Waals surface area contributed by atoms with Crippen molar-refractivity contribution in [3.05, 3.63) is 64.9 Å². The van der Waals surface area contributed by atoms with Crippen LogP contribution in [0.15, 0.2) is 36.5 Å². The standard InChI is InChI=1S/C17H13FN2O3/c1-9-4-5-19-14(6-9)17(23)16-12(8-15(21)22)11-7-10(18)2-3-13(11)20-16/h2-7,20H,8H2,1H3,(H,21,22)/p-1. The van der Waals surface area contributed by atoms with Crippen LogP contribution in [0.1, 0.15) is 27.3 Å². The predicted molar refractivity (Wildman–Crippen MR) is 79.4 cm³/mol. The van der Waals surface area contributed by atoms with Crippen molar-refractivity contribution in [1.29, 1.82) is 0 Å². The molecule has 0 atom stereocenters. The number of nitrogens with zero attached hydrogens (tertiary/aromatic N) is 1. The number of aryl methyl sites for hydroxylation is 1. The van der Waals surface area contributed by atoms with Crippen molar-refractivity contribution in [3.8, 4) is 0 Å². The van der Waals surface area contributed by atoms with Crippen LogP contribution >= 0.6 is 0 Å². The summed E-state index contributed by atoms with van der Waals surface area (Å²) < 4.78 is 13.5. The Bertz CT molecular complexity index is 931. The number of carbonyl (C=O) groups is 2. The molecular formula is C17H12FN2O3-. The summed E-state index contributed by atoms with van der Waals surface area (Å²) in [5.74, 6) is -2.30. The first-order valence-electron chi connectivity index (χ1n) is 6.93. The quantitative estimate of drug-likeness (QED) is 0.740. The molecular weight excluding hydrogens is 299 g/mol. The van der Waals surface area contributed by atoms with Gasteiger partial charge in [-0.15, -0.1) is 0 Å². The van der Waals surface area contributed by atoms with E-state index in [-0.39, 0.29) is 17.0 Å². The van der Waals surface area contributed by atoms with Gasteiger partial charge in [0.15, 0.2) is 0 Å². The van der Waals surface area contributed by atoms with Gasteiger partial charge in [0.05, 0.1) is 5.69 Å². The van der Waals surface area contributed by atoms with Crippen LogP contribution in [0.25, 0.3) is 10.9 Å². The summed E-state index contributed by atoms with van der Waals surface area (Å²) in [4.78, 5) is 30.6. The topological polar surface area (TPSA) is 85.9 Å². The zero-order valence-electron chi connectivity index (χ0n) is 12.2. The van der Waals surface area contributed by atoms with Crippen molar-refractivity contribution in [2.75, 3.05) is 0 Å². The molecule has 6 heteroatoms. The number of aliphatic carboxylic acids is 1. The third-order valence-corrected chi connectivity index (χ3v) is 3.56. The van der Waals surface area contributed by atoms with Crippen LogP contribution in [0.4, 0.5) is 4.39 Å². The number of benzene rings is 1. The van der Waals surface area contributed by atoms with Gasteiger partial charge in [-0.2, -0.15) is 0 Å². The van der Waals surface area contributed by atoms with E-state index in [4.69, 9.17) is 0 Å². The minimum atomic E-state index is -1.35. The smallest absolute Gasteiger partial charge is 0.227 e. The maximum Gasteiger partial charge on any atom is 0.227 e. The molecule has 2 aromatic heterocycles. The zero-order chi connectivity index (χ0) is 16.6. The third kappa shape index (κ3) is 2.83. The summed E-state index contributed by atoms with van der Waals surface area (Å²) in [5.41, 5.74) is 1.82. The molecule has 1 aromatic carbocycles. The number of fused-ring (bicyclic) bond motifs is 1. The molecule has 0 aliphatic carbocycles. The van der Waals surface area contributed by atoms with Gasteiger partial charge in [-0.25, -0.2) is 4.39 Å². The number of ketones is 1. The van der Waals surface area contributed by atoms with E-state index >= 15 is 0 Å². The first-order valence-corrected chi connectivity index (χ1v) is 6.93. The van der Waals surface area contributed by atoms with E-state index in [2.05, 4.69) is 9.97 Å². The van der Waals surface area contributed by atoms with Crippen LogP contribution in [-0.4, -0.2) is 21.7 Å². The molecule has 0 fully saturated rings. The van der Waals surface area contributed by atoms with E-state index in [0.717, 1.165) is 5.56 Å². The number of hydrogen-bond acceptors (Lipinski definition) is 4. The average molecular weight is 311 g/mol. The van der Waals surface area contributed by atoms with Crippen LogP contribution in [0.2, 0.25) is 0 Å². The van der Waals surface area contributed by atoms with Crippen LogP contribution < -0.4 is 5.11 Å².